The van der Waals surface area contributed by atoms with Crippen LogP contribution in [0.1, 0.15) is 33.7 Å². The van der Waals surface area contributed by atoms with E-state index >= 15 is 0 Å². The van der Waals surface area contributed by atoms with Crippen molar-refractivity contribution >= 4 is 17.6 Å². The summed E-state index contributed by atoms with van der Waals surface area (Å²) in [7, 11) is 1.36. The van der Waals surface area contributed by atoms with Crippen molar-refractivity contribution < 1.29 is 13.9 Å². The molecule has 0 amide bonds. The minimum atomic E-state index is -0.361. The molecule has 1 aliphatic carbocycles. The molecule has 1 N–H and O–H groups in total. The summed E-state index contributed by atoms with van der Waals surface area (Å²) in [5.41, 5.74) is 4.68. The third-order valence-corrected chi connectivity index (χ3v) is 3.51. The Morgan fingerprint density at radius 1 is 1.30 bits per heavy atom. The number of aromatic amines is 1. The standard InChI is InChI=1S/C16H14FNO2/c1-20-16(19)15-9-13-11(4-7-14(13)18-15)8-10-2-5-12(17)6-3-10/h2-3,5-6,8-9,18H,4,7H2,1H3. The second kappa shape index (κ2) is 4.96. The third kappa shape index (κ3) is 2.25. The van der Waals surface area contributed by atoms with Crippen molar-refractivity contribution in [3.05, 3.63) is 58.7 Å². The largest absolute Gasteiger partial charge is 0.464 e. The van der Waals surface area contributed by atoms with Crippen LogP contribution in [0.5, 0.6) is 0 Å². The molecule has 102 valence electrons. The van der Waals surface area contributed by atoms with E-state index in [2.05, 4.69) is 4.98 Å². The highest BCUT2D eigenvalue weighted by atomic mass is 19.1. The lowest BCUT2D eigenvalue weighted by atomic mass is 10.1. The molecule has 0 spiro atoms. The normalized spacial score (nSPS) is 15.4. The molecule has 0 saturated heterocycles. The molecule has 3 rings (SSSR count). The molecule has 0 bridgehead atoms. The average Bonchev–Trinajstić information content (AvgIpc) is 3.02. The smallest absolute Gasteiger partial charge is 0.354 e. The lowest BCUT2D eigenvalue weighted by Gasteiger charge is -1.99. The number of hydrogen-bond acceptors (Lipinski definition) is 2. The number of aromatic nitrogens is 1. The van der Waals surface area contributed by atoms with E-state index < -0.39 is 0 Å². The van der Waals surface area contributed by atoms with E-state index in [1.807, 2.05) is 12.1 Å². The van der Waals surface area contributed by atoms with E-state index in [4.69, 9.17) is 4.74 Å². The van der Waals surface area contributed by atoms with Crippen LogP contribution >= 0.6 is 0 Å². The zero-order valence-corrected chi connectivity index (χ0v) is 11.1. The molecular weight excluding hydrogens is 257 g/mol. The summed E-state index contributed by atoms with van der Waals surface area (Å²) in [6.07, 6.45) is 3.82. The number of rotatable bonds is 2. The Hall–Kier alpha value is -2.36. The maximum atomic E-state index is 12.9. The van der Waals surface area contributed by atoms with Gasteiger partial charge in [0.25, 0.3) is 0 Å². The van der Waals surface area contributed by atoms with Crippen molar-refractivity contribution in [1.29, 1.82) is 0 Å². The van der Waals surface area contributed by atoms with E-state index in [-0.39, 0.29) is 11.8 Å². The van der Waals surface area contributed by atoms with Crippen LogP contribution in [0.15, 0.2) is 30.3 Å². The second-order valence-electron chi connectivity index (χ2n) is 4.79. The van der Waals surface area contributed by atoms with Crippen molar-refractivity contribution in [2.45, 2.75) is 12.8 Å². The lowest BCUT2D eigenvalue weighted by Crippen LogP contribution is -2.01. The van der Waals surface area contributed by atoms with Gasteiger partial charge in [0.1, 0.15) is 11.5 Å². The Labute approximate surface area is 116 Å². The number of carbonyl (C=O) groups excluding carboxylic acids is 1. The highest BCUT2D eigenvalue weighted by molar-refractivity contribution is 5.92. The summed E-state index contributed by atoms with van der Waals surface area (Å²) in [5.74, 6) is -0.602. The SMILES string of the molecule is COC(=O)c1cc2c([nH]1)CCC2=Cc1ccc(F)cc1. The predicted molar refractivity (Wildman–Crippen MR) is 74.7 cm³/mol. The fraction of sp³-hybridized carbons (Fsp3) is 0.188. The average molecular weight is 271 g/mol. The summed E-state index contributed by atoms with van der Waals surface area (Å²) >= 11 is 0. The maximum absolute atomic E-state index is 12.9. The quantitative estimate of drug-likeness (QED) is 0.850. The summed E-state index contributed by atoms with van der Waals surface area (Å²) in [6.45, 7) is 0. The third-order valence-electron chi connectivity index (χ3n) is 3.51. The molecule has 1 aliphatic rings. The van der Waals surface area contributed by atoms with E-state index in [0.717, 1.165) is 35.2 Å². The Bertz CT molecular complexity index is 683. The first kappa shape index (κ1) is 12.7. The van der Waals surface area contributed by atoms with Gasteiger partial charge in [0, 0.05) is 5.69 Å². The molecule has 0 unspecified atom stereocenters. The van der Waals surface area contributed by atoms with Gasteiger partial charge in [-0.1, -0.05) is 18.2 Å². The highest BCUT2D eigenvalue weighted by Gasteiger charge is 2.21. The second-order valence-corrected chi connectivity index (χ2v) is 4.79. The van der Waals surface area contributed by atoms with Gasteiger partial charge in [-0.3, -0.25) is 0 Å². The Kier molecular flexibility index (Phi) is 3.14. The van der Waals surface area contributed by atoms with Crippen molar-refractivity contribution in [3.8, 4) is 0 Å². The first-order valence-electron chi connectivity index (χ1n) is 6.44. The number of ether oxygens (including phenoxy) is 1. The summed E-state index contributed by atoms with van der Waals surface area (Å²) in [5, 5.41) is 0. The number of nitrogens with one attached hydrogen (secondary N) is 1. The molecular formula is C16H14FNO2. The molecule has 20 heavy (non-hydrogen) atoms. The zero-order chi connectivity index (χ0) is 14.1. The molecule has 2 aromatic rings. The fourth-order valence-corrected chi connectivity index (χ4v) is 2.51. The van der Waals surface area contributed by atoms with Crippen LogP contribution in [0, 0.1) is 5.82 Å². The topological polar surface area (TPSA) is 42.1 Å². The number of aryl methyl sites for hydroxylation is 1. The van der Waals surface area contributed by atoms with Crippen LogP contribution in [0.3, 0.4) is 0 Å². The number of allylic oxidation sites excluding steroid dienone is 1. The summed E-state index contributed by atoms with van der Waals surface area (Å²) in [6, 6.07) is 8.20. The van der Waals surface area contributed by atoms with Crippen molar-refractivity contribution in [2.24, 2.45) is 0 Å². The monoisotopic (exact) mass is 271 g/mol. The van der Waals surface area contributed by atoms with Crippen molar-refractivity contribution in [2.75, 3.05) is 7.11 Å². The number of hydrogen-bond donors (Lipinski definition) is 1. The molecule has 1 aromatic heterocycles. The first-order chi connectivity index (χ1) is 9.67. The molecule has 1 aromatic carbocycles. The molecule has 0 saturated carbocycles. The number of H-pyrrole nitrogens is 1. The number of benzene rings is 1. The molecule has 1 heterocycles. The molecule has 0 fully saturated rings. The van der Waals surface area contributed by atoms with Crippen LogP contribution < -0.4 is 0 Å². The van der Waals surface area contributed by atoms with Gasteiger partial charge in [-0.15, -0.1) is 0 Å². The molecule has 0 atom stereocenters. The van der Waals surface area contributed by atoms with Gasteiger partial charge in [0.2, 0.25) is 0 Å². The minimum absolute atomic E-state index is 0.242. The van der Waals surface area contributed by atoms with Crippen LogP contribution in [-0.2, 0) is 11.2 Å². The van der Waals surface area contributed by atoms with Crippen LogP contribution in [-0.4, -0.2) is 18.1 Å². The molecule has 0 radical (unpaired) electrons. The Balaban J connectivity index is 1.94. The van der Waals surface area contributed by atoms with Crippen molar-refractivity contribution in [3.63, 3.8) is 0 Å². The van der Waals surface area contributed by atoms with E-state index in [9.17, 15) is 9.18 Å². The maximum Gasteiger partial charge on any atom is 0.354 e. The number of esters is 1. The van der Waals surface area contributed by atoms with Crippen LogP contribution in [0.25, 0.3) is 11.6 Å². The summed E-state index contributed by atoms with van der Waals surface area (Å²) < 4.78 is 17.6. The van der Waals surface area contributed by atoms with E-state index in [1.165, 1.54) is 19.2 Å². The van der Waals surface area contributed by atoms with Gasteiger partial charge in [-0.2, -0.15) is 0 Å². The van der Waals surface area contributed by atoms with E-state index in [0.29, 0.717) is 5.69 Å². The van der Waals surface area contributed by atoms with Crippen LogP contribution in [0.2, 0.25) is 0 Å². The van der Waals surface area contributed by atoms with Gasteiger partial charge in [0.05, 0.1) is 7.11 Å². The van der Waals surface area contributed by atoms with Crippen molar-refractivity contribution in [1.82, 2.24) is 4.98 Å². The first-order valence-corrected chi connectivity index (χ1v) is 6.44. The number of halogens is 1. The fourth-order valence-electron chi connectivity index (χ4n) is 2.51. The predicted octanol–water partition coefficient (Wildman–Crippen LogP) is 3.43. The van der Waals surface area contributed by atoms with Gasteiger partial charge in [0.15, 0.2) is 0 Å². The summed E-state index contributed by atoms with van der Waals surface area (Å²) in [4.78, 5) is 14.6. The molecule has 4 heteroatoms. The Morgan fingerprint density at radius 2 is 2.05 bits per heavy atom. The van der Waals surface area contributed by atoms with Gasteiger partial charge in [-0.25, -0.2) is 9.18 Å². The van der Waals surface area contributed by atoms with Crippen LogP contribution in [0.4, 0.5) is 4.39 Å². The Morgan fingerprint density at radius 3 is 2.75 bits per heavy atom. The number of carbonyl (C=O) groups is 1. The van der Waals surface area contributed by atoms with Gasteiger partial charge < -0.3 is 9.72 Å². The number of fused-ring (bicyclic) bond motifs is 1. The minimum Gasteiger partial charge on any atom is -0.464 e. The zero-order valence-electron chi connectivity index (χ0n) is 11.1. The highest BCUT2D eigenvalue weighted by Crippen LogP contribution is 2.34. The molecule has 3 nitrogen and oxygen atoms in total. The van der Waals surface area contributed by atoms with Gasteiger partial charge >= 0.3 is 5.97 Å². The number of methoxy groups -OCH3 is 1. The van der Waals surface area contributed by atoms with E-state index in [1.54, 1.807) is 12.1 Å². The lowest BCUT2D eigenvalue weighted by molar-refractivity contribution is 0.0594. The van der Waals surface area contributed by atoms with Gasteiger partial charge in [-0.05, 0) is 47.7 Å². The molecule has 0 aliphatic heterocycles.